The maximum absolute atomic E-state index is 6.37. The molecule has 9 aromatic rings. The smallest absolute Gasteiger partial charge is 0.238 e. The van der Waals surface area contributed by atoms with Gasteiger partial charge in [0.05, 0.1) is 11.0 Å². The summed E-state index contributed by atoms with van der Waals surface area (Å²) in [6.45, 7) is 0. The normalized spacial score (nSPS) is 11.8. The molecule has 42 heavy (non-hydrogen) atoms. The largest absolute Gasteiger partial charge is 0.455 e. The Morgan fingerprint density at radius 3 is 1.86 bits per heavy atom. The molecule has 5 heteroatoms. The summed E-state index contributed by atoms with van der Waals surface area (Å²) < 4.78 is 8.51. The number of hydrogen-bond acceptors (Lipinski definition) is 4. The van der Waals surface area contributed by atoms with Crippen molar-refractivity contribution >= 4 is 54.5 Å². The zero-order valence-corrected chi connectivity index (χ0v) is 22.4. The molecule has 0 fully saturated rings. The first kappa shape index (κ1) is 22.9. The molecule has 5 nitrogen and oxygen atoms in total. The number of nitrogens with zero attached hydrogens (tertiary/aromatic N) is 4. The average Bonchev–Trinajstić information content (AvgIpc) is 3.61. The van der Waals surface area contributed by atoms with Crippen molar-refractivity contribution in [3.63, 3.8) is 0 Å². The summed E-state index contributed by atoms with van der Waals surface area (Å²) >= 11 is 0. The van der Waals surface area contributed by atoms with Crippen LogP contribution in [0.1, 0.15) is 0 Å². The number of aromatic nitrogens is 4. The molecule has 196 valence electrons. The Hall–Kier alpha value is -5.81. The maximum Gasteiger partial charge on any atom is 0.238 e. The highest BCUT2D eigenvalue weighted by Gasteiger charge is 2.18. The zero-order chi connectivity index (χ0) is 27.6. The summed E-state index contributed by atoms with van der Waals surface area (Å²) in [5.41, 5.74) is 5.68. The van der Waals surface area contributed by atoms with Gasteiger partial charge < -0.3 is 4.42 Å². The fourth-order valence-corrected chi connectivity index (χ4v) is 6.09. The van der Waals surface area contributed by atoms with E-state index >= 15 is 0 Å². The van der Waals surface area contributed by atoms with Crippen LogP contribution >= 0.6 is 0 Å². The summed E-state index contributed by atoms with van der Waals surface area (Å²) in [7, 11) is 0. The fourth-order valence-electron chi connectivity index (χ4n) is 6.09. The minimum absolute atomic E-state index is 0.583. The monoisotopic (exact) mass is 538 g/mol. The van der Waals surface area contributed by atoms with Crippen LogP contribution in [-0.4, -0.2) is 19.5 Å². The van der Waals surface area contributed by atoms with Gasteiger partial charge in [0.25, 0.3) is 0 Å². The fraction of sp³-hybridized carbons (Fsp3) is 0. The van der Waals surface area contributed by atoms with E-state index in [9.17, 15) is 0 Å². The van der Waals surface area contributed by atoms with Crippen LogP contribution in [0.5, 0.6) is 0 Å². The third-order valence-corrected chi connectivity index (χ3v) is 8.06. The molecule has 0 unspecified atom stereocenters. The predicted molar refractivity (Wildman–Crippen MR) is 170 cm³/mol. The second kappa shape index (κ2) is 8.85. The van der Waals surface area contributed by atoms with Gasteiger partial charge in [-0.25, -0.2) is 4.98 Å². The number of benzene rings is 6. The number of furan rings is 1. The summed E-state index contributed by atoms with van der Waals surface area (Å²) in [6.07, 6.45) is 0. The predicted octanol–water partition coefficient (Wildman–Crippen LogP) is 9.36. The van der Waals surface area contributed by atoms with Gasteiger partial charge in [0.2, 0.25) is 5.95 Å². The van der Waals surface area contributed by atoms with Crippen LogP contribution in [0.4, 0.5) is 0 Å². The molecule has 6 aromatic carbocycles. The van der Waals surface area contributed by atoms with E-state index < -0.39 is 0 Å². The molecule has 3 heterocycles. The Balaban J connectivity index is 1.32. The molecule has 0 aliphatic carbocycles. The number of para-hydroxylation sites is 2. The highest BCUT2D eigenvalue weighted by atomic mass is 16.3. The molecule has 0 spiro atoms. The number of fused-ring (bicyclic) bond motifs is 8. The van der Waals surface area contributed by atoms with Crippen LogP contribution in [0.25, 0.3) is 83.2 Å². The second-order valence-corrected chi connectivity index (χ2v) is 10.5. The van der Waals surface area contributed by atoms with Gasteiger partial charge in [-0.3, -0.25) is 4.57 Å². The van der Waals surface area contributed by atoms with Crippen LogP contribution in [0, 0.1) is 0 Å². The average molecular weight is 539 g/mol. The number of rotatable bonds is 3. The topological polar surface area (TPSA) is 56.7 Å². The molecule has 0 saturated carbocycles. The van der Waals surface area contributed by atoms with E-state index in [1.54, 1.807) is 0 Å². The van der Waals surface area contributed by atoms with E-state index in [4.69, 9.17) is 19.4 Å². The zero-order valence-electron chi connectivity index (χ0n) is 22.4. The van der Waals surface area contributed by atoms with E-state index in [0.717, 1.165) is 65.6 Å². The highest BCUT2D eigenvalue weighted by Crippen LogP contribution is 2.37. The first-order valence-electron chi connectivity index (χ1n) is 14.0. The van der Waals surface area contributed by atoms with Crippen molar-refractivity contribution in [2.75, 3.05) is 0 Å². The minimum Gasteiger partial charge on any atom is -0.455 e. The van der Waals surface area contributed by atoms with Crippen molar-refractivity contribution in [2.45, 2.75) is 0 Å². The first-order chi connectivity index (χ1) is 20.8. The molecular weight excluding hydrogens is 516 g/mol. The lowest BCUT2D eigenvalue weighted by atomic mass is 10.0. The van der Waals surface area contributed by atoms with Gasteiger partial charge in [0.15, 0.2) is 11.6 Å². The molecular formula is C37H22N4O. The van der Waals surface area contributed by atoms with Crippen molar-refractivity contribution < 1.29 is 4.42 Å². The summed E-state index contributed by atoms with van der Waals surface area (Å²) in [4.78, 5) is 15.1. The maximum atomic E-state index is 6.37. The molecule has 3 aromatic heterocycles. The van der Waals surface area contributed by atoms with Crippen LogP contribution in [0.3, 0.4) is 0 Å². The second-order valence-electron chi connectivity index (χ2n) is 10.5. The van der Waals surface area contributed by atoms with E-state index in [-0.39, 0.29) is 0 Å². The Bertz CT molecular complexity index is 2420. The van der Waals surface area contributed by atoms with Crippen molar-refractivity contribution in [1.82, 2.24) is 19.5 Å². The van der Waals surface area contributed by atoms with Crippen molar-refractivity contribution in [1.29, 1.82) is 0 Å². The molecule has 9 rings (SSSR count). The van der Waals surface area contributed by atoms with Crippen LogP contribution in [0.15, 0.2) is 138 Å². The van der Waals surface area contributed by atoms with Crippen LogP contribution < -0.4 is 0 Å². The van der Waals surface area contributed by atoms with E-state index in [2.05, 4.69) is 89.5 Å². The van der Waals surface area contributed by atoms with Gasteiger partial charge >= 0.3 is 0 Å². The Kier molecular flexibility index (Phi) is 4.83. The van der Waals surface area contributed by atoms with Gasteiger partial charge in [0.1, 0.15) is 11.2 Å². The Morgan fingerprint density at radius 2 is 1.10 bits per heavy atom. The molecule has 0 N–H and O–H groups in total. The molecule has 0 bridgehead atoms. The molecule has 0 radical (unpaired) electrons. The Labute approximate surface area is 240 Å². The summed E-state index contributed by atoms with van der Waals surface area (Å²) in [5, 5.41) is 6.70. The molecule has 0 atom stereocenters. The van der Waals surface area contributed by atoms with Crippen LogP contribution in [0.2, 0.25) is 0 Å². The van der Waals surface area contributed by atoms with Gasteiger partial charge in [-0.1, -0.05) is 97.1 Å². The lowest BCUT2D eigenvalue weighted by Crippen LogP contribution is -2.06. The number of hydrogen-bond donors (Lipinski definition) is 0. The lowest BCUT2D eigenvalue weighted by Gasteiger charge is -2.11. The minimum atomic E-state index is 0.583. The molecule has 0 saturated heterocycles. The van der Waals surface area contributed by atoms with E-state index in [1.807, 2.05) is 48.5 Å². The van der Waals surface area contributed by atoms with E-state index in [1.165, 1.54) is 0 Å². The first-order valence-corrected chi connectivity index (χ1v) is 14.0. The van der Waals surface area contributed by atoms with Gasteiger partial charge in [0, 0.05) is 38.1 Å². The van der Waals surface area contributed by atoms with Gasteiger partial charge in [-0.15, -0.1) is 0 Å². The lowest BCUT2D eigenvalue weighted by molar-refractivity contribution is 0.672. The SMILES string of the molecule is c1ccc(-c2nc(-c3ccc4oc5c6ccccc6ccc5c4c3)nc(-n3c4ccccc4c4ccccc43)n2)cc1. The van der Waals surface area contributed by atoms with Crippen molar-refractivity contribution in [3.8, 4) is 28.7 Å². The summed E-state index contributed by atoms with van der Waals surface area (Å²) in [6, 6.07) is 45.7. The third kappa shape index (κ3) is 3.40. The van der Waals surface area contributed by atoms with Gasteiger partial charge in [-0.05, 0) is 41.8 Å². The third-order valence-electron chi connectivity index (χ3n) is 8.06. The Morgan fingerprint density at radius 1 is 0.452 bits per heavy atom. The standard InChI is InChI=1S/C37H22N4O/c1-2-11-24(12-3-1)35-38-36(40-37(39-35)41-31-16-8-6-14-27(31)28-15-7-9-17-32(28)41)25-19-21-33-30(22-25)29-20-18-23-10-4-5-13-26(23)34(29)42-33/h1-22H. The molecule has 0 aliphatic heterocycles. The van der Waals surface area contributed by atoms with E-state index in [0.29, 0.717) is 17.6 Å². The van der Waals surface area contributed by atoms with Gasteiger partial charge in [-0.2, -0.15) is 9.97 Å². The van der Waals surface area contributed by atoms with Crippen LogP contribution in [-0.2, 0) is 0 Å². The van der Waals surface area contributed by atoms with Crippen molar-refractivity contribution in [3.05, 3.63) is 133 Å². The van der Waals surface area contributed by atoms with Crippen molar-refractivity contribution in [2.24, 2.45) is 0 Å². The quantitative estimate of drug-likeness (QED) is 0.225. The molecule has 0 amide bonds. The molecule has 0 aliphatic rings. The highest BCUT2D eigenvalue weighted by molar-refractivity contribution is 6.15. The summed E-state index contributed by atoms with van der Waals surface area (Å²) in [5.74, 6) is 1.82.